The van der Waals surface area contributed by atoms with Crippen LogP contribution in [0.15, 0.2) is 12.2 Å². The Balaban J connectivity index is 3.06. The molecular formula is C15H28O. The van der Waals surface area contributed by atoms with E-state index < -0.39 is 0 Å². The van der Waals surface area contributed by atoms with Crippen LogP contribution in [0.25, 0.3) is 0 Å². The standard InChI is InChI=1S/C15H28O/c1-3-4-5-6-7-8-9-10-11-12-13-14-15(2)16/h8-9H,3-7,10-14H2,1-2H3. The monoisotopic (exact) mass is 224 g/mol. The largest absolute Gasteiger partial charge is 0.300 e. The van der Waals surface area contributed by atoms with Crippen molar-refractivity contribution in [1.82, 2.24) is 0 Å². The van der Waals surface area contributed by atoms with E-state index in [0.717, 1.165) is 12.8 Å². The van der Waals surface area contributed by atoms with Gasteiger partial charge in [0.2, 0.25) is 0 Å². The number of Topliss-reactive ketones (excluding diaryl/α,β-unsaturated/α-hetero) is 1. The molecule has 0 aromatic heterocycles. The summed E-state index contributed by atoms with van der Waals surface area (Å²) in [6.45, 7) is 3.92. The fourth-order valence-corrected chi connectivity index (χ4v) is 1.74. The molecule has 0 rings (SSSR count). The lowest BCUT2D eigenvalue weighted by molar-refractivity contribution is -0.117. The van der Waals surface area contributed by atoms with Crippen molar-refractivity contribution in [3.8, 4) is 0 Å². The summed E-state index contributed by atoms with van der Waals surface area (Å²) in [5.41, 5.74) is 0. The molecule has 0 spiro atoms. The molecular weight excluding hydrogens is 196 g/mol. The van der Waals surface area contributed by atoms with E-state index in [1.165, 1.54) is 51.4 Å². The topological polar surface area (TPSA) is 17.1 Å². The van der Waals surface area contributed by atoms with Gasteiger partial charge in [0.1, 0.15) is 5.78 Å². The summed E-state index contributed by atoms with van der Waals surface area (Å²) in [6.07, 6.45) is 16.7. The predicted octanol–water partition coefficient (Wildman–Crippen LogP) is 5.05. The van der Waals surface area contributed by atoms with E-state index in [4.69, 9.17) is 0 Å². The number of hydrogen-bond donors (Lipinski definition) is 0. The van der Waals surface area contributed by atoms with Crippen LogP contribution < -0.4 is 0 Å². The highest BCUT2D eigenvalue weighted by Gasteiger charge is 1.92. The lowest BCUT2D eigenvalue weighted by Gasteiger charge is -1.96. The van der Waals surface area contributed by atoms with Crippen LogP contribution >= 0.6 is 0 Å². The maximum Gasteiger partial charge on any atom is 0.129 e. The van der Waals surface area contributed by atoms with Gasteiger partial charge >= 0.3 is 0 Å². The van der Waals surface area contributed by atoms with Crippen molar-refractivity contribution in [2.75, 3.05) is 0 Å². The van der Waals surface area contributed by atoms with Gasteiger partial charge in [0.05, 0.1) is 0 Å². The van der Waals surface area contributed by atoms with E-state index in [-0.39, 0.29) is 0 Å². The Morgan fingerprint density at radius 1 is 0.875 bits per heavy atom. The summed E-state index contributed by atoms with van der Waals surface area (Å²) in [6, 6.07) is 0. The normalized spacial score (nSPS) is 11.1. The van der Waals surface area contributed by atoms with Crippen molar-refractivity contribution in [1.29, 1.82) is 0 Å². The van der Waals surface area contributed by atoms with Crippen LogP contribution in [-0.2, 0) is 4.79 Å². The van der Waals surface area contributed by atoms with Crippen molar-refractivity contribution in [2.24, 2.45) is 0 Å². The van der Waals surface area contributed by atoms with Crippen molar-refractivity contribution in [3.05, 3.63) is 12.2 Å². The van der Waals surface area contributed by atoms with E-state index >= 15 is 0 Å². The Kier molecular flexibility index (Phi) is 12.0. The molecule has 0 unspecified atom stereocenters. The van der Waals surface area contributed by atoms with Gasteiger partial charge in [-0.15, -0.1) is 0 Å². The second-order valence-electron chi connectivity index (χ2n) is 4.62. The Morgan fingerprint density at radius 3 is 1.94 bits per heavy atom. The van der Waals surface area contributed by atoms with Gasteiger partial charge in [-0.25, -0.2) is 0 Å². The molecule has 0 saturated heterocycles. The van der Waals surface area contributed by atoms with Gasteiger partial charge in [0.25, 0.3) is 0 Å². The zero-order valence-corrected chi connectivity index (χ0v) is 11.1. The van der Waals surface area contributed by atoms with E-state index in [9.17, 15) is 4.79 Å². The van der Waals surface area contributed by atoms with Crippen LogP contribution in [-0.4, -0.2) is 5.78 Å². The van der Waals surface area contributed by atoms with Crippen LogP contribution in [0.1, 0.15) is 78.1 Å². The summed E-state index contributed by atoms with van der Waals surface area (Å²) in [5.74, 6) is 0.325. The molecule has 16 heavy (non-hydrogen) atoms. The molecule has 0 atom stereocenters. The number of unbranched alkanes of at least 4 members (excludes halogenated alkanes) is 7. The first-order valence-electron chi connectivity index (χ1n) is 6.91. The molecule has 0 aliphatic heterocycles. The molecule has 0 saturated carbocycles. The Hall–Kier alpha value is -0.590. The molecule has 0 fully saturated rings. The fourth-order valence-electron chi connectivity index (χ4n) is 1.74. The van der Waals surface area contributed by atoms with Crippen LogP contribution in [0, 0.1) is 0 Å². The third kappa shape index (κ3) is 13.4. The summed E-state index contributed by atoms with van der Waals surface area (Å²) >= 11 is 0. The smallest absolute Gasteiger partial charge is 0.129 e. The Labute approximate surface area is 101 Å². The molecule has 1 heteroatoms. The van der Waals surface area contributed by atoms with Gasteiger partial charge in [-0.2, -0.15) is 0 Å². The average molecular weight is 224 g/mol. The second-order valence-corrected chi connectivity index (χ2v) is 4.62. The van der Waals surface area contributed by atoms with E-state index in [1.807, 2.05) is 0 Å². The first kappa shape index (κ1) is 15.4. The van der Waals surface area contributed by atoms with Crippen LogP contribution in [0.3, 0.4) is 0 Å². The van der Waals surface area contributed by atoms with Crippen LogP contribution in [0.4, 0.5) is 0 Å². The van der Waals surface area contributed by atoms with Gasteiger partial charge in [-0.1, -0.05) is 44.8 Å². The summed E-state index contributed by atoms with van der Waals surface area (Å²) in [7, 11) is 0. The SMILES string of the molecule is CCCCCCC=CCCCCCC(C)=O. The third-order valence-corrected chi connectivity index (χ3v) is 2.79. The zero-order chi connectivity index (χ0) is 12.1. The summed E-state index contributed by atoms with van der Waals surface area (Å²) in [4.78, 5) is 10.7. The molecule has 94 valence electrons. The summed E-state index contributed by atoms with van der Waals surface area (Å²) < 4.78 is 0. The third-order valence-electron chi connectivity index (χ3n) is 2.79. The van der Waals surface area contributed by atoms with Gasteiger partial charge < -0.3 is 4.79 Å². The number of carbonyl (C=O) groups is 1. The highest BCUT2D eigenvalue weighted by atomic mass is 16.1. The van der Waals surface area contributed by atoms with Gasteiger partial charge in [-0.3, -0.25) is 0 Å². The van der Waals surface area contributed by atoms with Crippen LogP contribution in [0.5, 0.6) is 0 Å². The minimum atomic E-state index is 0.325. The van der Waals surface area contributed by atoms with Gasteiger partial charge in [0, 0.05) is 6.42 Å². The maximum atomic E-state index is 10.7. The molecule has 0 amide bonds. The number of hydrogen-bond acceptors (Lipinski definition) is 1. The molecule has 0 aromatic carbocycles. The number of carbonyl (C=O) groups excluding carboxylic acids is 1. The molecule has 0 bridgehead atoms. The lowest BCUT2D eigenvalue weighted by atomic mass is 10.1. The zero-order valence-electron chi connectivity index (χ0n) is 11.1. The quantitative estimate of drug-likeness (QED) is 0.354. The molecule has 0 aliphatic carbocycles. The predicted molar refractivity (Wildman–Crippen MR) is 71.7 cm³/mol. The second kappa shape index (κ2) is 12.5. The number of ketones is 1. The lowest BCUT2D eigenvalue weighted by Crippen LogP contribution is -1.88. The van der Waals surface area contributed by atoms with Crippen molar-refractivity contribution in [3.63, 3.8) is 0 Å². The van der Waals surface area contributed by atoms with Crippen LogP contribution in [0.2, 0.25) is 0 Å². The molecule has 0 aliphatic rings. The average Bonchev–Trinajstić information content (AvgIpc) is 2.25. The first-order chi connectivity index (χ1) is 7.77. The Bertz CT molecular complexity index is 182. The van der Waals surface area contributed by atoms with Crippen molar-refractivity contribution in [2.45, 2.75) is 78.1 Å². The summed E-state index contributed by atoms with van der Waals surface area (Å²) in [5, 5.41) is 0. The van der Waals surface area contributed by atoms with Crippen molar-refractivity contribution >= 4 is 5.78 Å². The highest BCUT2D eigenvalue weighted by molar-refractivity contribution is 5.75. The van der Waals surface area contributed by atoms with Gasteiger partial charge in [-0.05, 0) is 39.0 Å². The fraction of sp³-hybridized carbons (Fsp3) is 0.800. The van der Waals surface area contributed by atoms with E-state index in [1.54, 1.807) is 6.92 Å². The Morgan fingerprint density at radius 2 is 1.44 bits per heavy atom. The minimum Gasteiger partial charge on any atom is -0.300 e. The number of rotatable bonds is 11. The van der Waals surface area contributed by atoms with Crippen molar-refractivity contribution < 1.29 is 4.79 Å². The maximum absolute atomic E-state index is 10.7. The van der Waals surface area contributed by atoms with E-state index in [2.05, 4.69) is 19.1 Å². The van der Waals surface area contributed by atoms with Gasteiger partial charge in [0.15, 0.2) is 0 Å². The van der Waals surface area contributed by atoms with E-state index in [0.29, 0.717) is 5.78 Å². The highest BCUT2D eigenvalue weighted by Crippen LogP contribution is 2.06. The molecule has 0 radical (unpaired) electrons. The first-order valence-corrected chi connectivity index (χ1v) is 6.91. The molecule has 0 aromatic rings. The minimum absolute atomic E-state index is 0.325. The molecule has 0 heterocycles. The molecule has 1 nitrogen and oxygen atoms in total. The molecule has 0 N–H and O–H groups in total. The number of allylic oxidation sites excluding steroid dienone is 2.